The third kappa shape index (κ3) is 5.08. The highest BCUT2D eigenvalue weighted by Crippen LogP contribution is 2.38. The highest BCUT2D eigenvalue weighted by atomic mass is 35.5. The lowest BCUT2D eigenvalue weighted by molar-refractivity contribution is -0.145. The van der Waals surface area contributed by atoms with Gasteiger partial charge in [0.25, 0.3) is 5.56 Å². The number of likely N-dealkylation sites (tertiary alicyclic amines) is 1. The van der Waals surface area contributed by atoms with Crippen LogP contribution in [0.4, 0.5) is 23.7 Å². The predicted octanol–water partition coefficient (Wildman–Crippen LogP) is 5.29. The Hall–Kier alpha value is -3.57. The number of amides is 1. The number of pyridine rings is 1. The van der Waals surface area contributed by atoms with Crippen molar-refractivity contribution in [1.82, 2.24) is 9.88 Å². The second kappa shape index (κ2) is 10.2. The molecule has 0 radical (unpaired) electrons. The molecule has 3 aromatic rings. The van der Waals surface area contributed by atoms with Crippen LogP contribution in [-0.4, -0.2) is 57.8 Å². The number of nitrogens with one attached hydrogen (secondary N) is 1. The number of carbonyl (C=O) groups excluding carboxylic acids is 1. The van der Waals surface area contributed by atoms with Crippen LogP contribution in [0.1, 0.15) is 32.3 Å². The fourth-order valence-electron chi connectivity index (χ4n) is 5.47. The highest BCUT2D eigenvalue weighted by Gasteiger charge is 2.49. The molecule has 2 aliphatic rings. The van der Waals surface area contributed by atoms with Crippen LogP contribution in [0.3, 0.4) is 0 Å². The molecule has 3 heterocycles. The molecule has 208 valence electrons. The van der Waals surface area contributed by atoms with Crippen molar-refractivity contribution in [1.29, 1.82) is 0 Å². The van der Waals surface area contributed by atoms with E-state index in [0.29, 0.717) is 24.0 Å². The third-order valence-electron chi connectivity index (χ3n) is 7.54. The Morgan fingerprint density at radius 1 is 1.10 bits per heavy atom. The van der Waals surface area contributed by atoms with Gasteiger partial charge in [0.1, 0.15) is 12.1 Å². The van der Waals surface area contributed by atoms with Crippen molar-refractivity contribution in [3.05, 3.63) is 64.4 Å². The van der Waals surface area contributed by atoms with Crippen molar-refractivity contribution in [3.63, 3.8) is 0 Å². The maximum absolute atomic E-state index is 13.5. The van der Waals surface area contributed by atoms with E-state index in [1.54, 1.807) is 12.1 Å². The van der Waals surface area contributed by atoms with Crippen LogP contribution >= 0.6 is 12.4 Å². The molecule has 5 rings (SSSR count). The van der Waals surface area contributed by atoms with Crippen LogP contribution < -0.4 is 10.5 Å². The third-order valence-corrected chi connectivity index (χ3v) is 7.54. The molecule has 0 spiro atoms. The summed E-state index contributed by atoms with van der Waals surface area (Å²) in [5, 5.41) is 10.2. The molecular weight excluding hydrogens is 539 g/mol. The number of aromatic nitrogens is 1. The molecule has 2 saturated heterocycles. The van der Waals surface area contributed by atoms with E-state index in [2.05, 4.69) is 4.98 Å². The first-order valence-electron chi connectivity index (χ1n) is 12.2. The van der Waals surface area contributed by atoms with E-state index in [1.165, 1.54) is 35.2 Å². The van der Waals surface area contributed by atoms with E-state index in [-0.39, 0.29) is 35.6 Å². The van der Waals surface area contributed by atoms with Crippen LogP contribution in [0.2, 0.25) is 0 Å². The maximum atomic E-state index is 13.5. The molecule has 0 unspecified atom stereocenters. The molecule has 0 aliphatic carbocycles. The molecule has 2 aromatic carbocycles. The second-order valence-corrected chi connectivity index (χ2v) is 10.2. The number of hydrogen-bond donors (Lipinski definition) is 2. The zero-order valence-electron chi connectivity index (χ0n) is 21.1. The molecule has 39 heavy (non-hydrogen) atoms. The number of H-pyrrole nitrogens is 1. The lowest BCUT2D eigenvalue weighted by Crippen LogP contribution is -2.57. The van der Waals surface area contributed by atoms with Gasteiger partial charge >= 0.3 is 18.2 Å². The molecule has 2 fully saturated rings. The summed E-state index contributed by atoms with van der Waals surface area (Å²) < 4.78 is 46.2. The Bertz CT molecular complexity index is 1490. The summed E-state index contributed by atoms with van der Waals surface area (Å²) in [4.78, 5) is 43.3. The summed E-state index contributed by atoms with van der Waals surface area (Å²) >= 11 is 0. The van der Waals surface area contributed by atoms with Gasteiger partial charge in [0.05, 0.1) is 17.6 Å². The smallest absolute Gasteiger partial charge is 0.417 e. The van der Waals surface area contributed by atoms with Gasteiger partial charge in [0.15, 0.2) is 0 Å². The predicted molar refractivity (Wildman–Crippen MR) is 141 cm³/mol. The second-order valence-electron chi connectivity index (χ2n) is 10.2. The first kappa shape index (κ1) is 28.4. The Morgan fingerprint density at radius 2 is 1.82 bits per heavy atom. The number of hydrogen-bond acceptors (Lipinski definition) is 5. The van der Waals surface area contributed by atoms with Crippen LogP contribution in [-0.2, 0) is 15.7 Å². The molecular formula is C27H27ClF3N3O5. The van der Waals surface area contributed by atoms with Crippen molar-refractivity contribution < 1.29 is 32.6 Å². The van der Waals surface area contributed by atoms with Gasteiger partial charge in [-0.05, 0) is 62.9 Å². The maximum Gasteiger partial charge on any atom is 0.417 e. The average Bonchev–Trinajstić information content (AvgIpc) is 3.51. The normalized spacial score (nSPS) is 20.2. The molecule has 2 N–H and O–H groups in total. The Labute approximate surface area is 227 Å². The van der Waals surface area contributed by atoms with Crippen LogP contribution in [0.5, 0.6) is 0 Å². The van der Waals surface area contributed by atoms with Crippen molar-refractivity contribution in [2.45, 2.75) is 50.6 Å². The zero-order valence-corrected chi connectivity index (χ0v) is 21.9. The fourth-order valence-corrected chi connectivity index (χ4v) is 5.47. The number of ether oxygens (including phenoxy) is 1. The number of nitrogens with zero attached hydrogens (tertiary/aromatic N) is 2. The Morgan fingerprint density at radius 3 is 2.51 bits per heavy atom. The van der Waals surface area contributed by atoms with E-state index in [0.717, 1.165) is 12.5 Å². The number of carboxylic acids is 1. The minimum Gasteiger partial charge on any atom is -0.480 e. The SMILES string of the molecule is CC(C)([C@@H]1CN(c2ccc3cc(-c4ccccc4C(F)(F)F)[nH]c(=O)c3c2)C(=O)O1)N1CCC[C@H]1C(=O)O.Cl. The van der Waals surface area contributed by atoms with Crippen molar-refractivity contribution in [2.24, 2.45) is 0 Å². The van der Waals surface area contributed by atoms with E-state index >= 15 is 0 Å². The molecule has 12 heteroatoms. The zero-order chi connectivity index (χ0) is 27.4. The van der Waals surface area contributed by atoms with Gasteiger partial charge < -0.3 is 14.8 Å². The standard InChI is InChI=1S/C27H26F3N3O5.ClH/c1-26(2,33-11-5-8-21(33)24(35)36)22-14-32(25(37)38-22)16-10-9-15-12-20(31-23(34)18(15)13-16)17-6-3-4-7-19(17)27(28,29)30;/h3-4,6-7,9-10,12-13,21-22H,5,8,11,14H2,1-2H3,(H,31,34)(H,35,36);1H/t21-,22-;/m0./s1. The molecule has 1 aromatic heterocycles. The summed E-state index contributed by atoms with van der Waals surface area (Å²) in [5.74, 6) is -0.914. The number of fused-ring (bicyclic) bond motifs is 1. The number of carbonyl (C=O) groups is 2. The van der Waals surface area contributed by atoms with Gasteiger partial charge in [-0.15, -0.1) is 12.4 Å². The number of aromatic amines is 1. The van der Waals surface area contributed by atoms with Crippen LogP contribution in [0, 0.1) is 0 Å². The van der Waals surface area contributed by atoms with Gasteiger partial charge in [-0.3, -0.25) is 19.4 Å². The number of benzene rings is 2. The number of carboxylic acid groups (broad SMARTS) is 1. The fraction of sp³-hybridized carbons (Fsp3) is 0.370. The quantitative estimate of drug-likeness (QED) is 0.436. The molecule has 0 saturated carbocycles. The molecule has 2 aliphatic heterocycles. The van der Waals surface area contributed by atoms with Gasteiger partial charge in [0.2, 0.25) is 0 Å². The van der Waals surface area contributed by atoms with Crippen LogP contribution in [0.15, 0.2) is 53.3 Å². The van der Waals surface area contributed by atoms with E-state index in [4.69, 9.17) is 4.74 Å². The number of anilines is 1. The molecule has 2 atom stereocenters. The minimum absolute atomic E-state index is 0. The lowest BCUT2D eigenvalue weighted by atomic mass is 9.93. The Kier molecular flexibility index (Phi) is 7.44. The largest absolute Gasteiger partial charge is 0.480 e. The number of halogens is 4. The van der Waals surface area contributed by atoms with Crippen molar-refractivity contribution in [3.8, 4) is 11.3 Å². The van der Waals surface area contributed by atoms with E-state index in [9.17, 15) is 32.7 Å². The average molecular weight is 566 g/mol. The lowest BCUT2D eigenvalue weighted by Gasteiger charge is -2.41. The van der Waals surface area contributed by atoms with Gasteiger partial charge in [0, 0.05) is 22.3 Å². The summed E-state index contributed by atoms with van der Waals surface area (Å²) in [7, 11) is 0. The summed E-state index contributed by atoms with van der Waals surface area (Å²) in [6, 6.07) is 10.5. The van der Waals surface area contributed by atoms with E-state index in [1.807, 2.05) is 18.7 Å². The number of alkyl halides is 3. The number of cyclic esters (lactones) is 1. The summed E-state index contributed by atoms with van der Waals surface area (Å²) in [6.07, 6.45) is -4.59. The topological polar surface area (TPSA) is 103 Å². The monoisotopic (exact) mass is 565 g/mol. The van der Waals surface area contributed by atoms with Gasteiger partial charge in [-0.2, -0.15) is 13.2 Å². The highest BCUT2D eigenvalue weighted by molar-refractivity contribution is 5.95. The van der Waals surface area contributed by atoms with Crippen LogP contribution in [0.25, 0.3) is 22.0 Å². The number of aliphatic carboxylic acids is 1. The first-order chi connectivity index (χ1) is 17.9. The van der Waals surface area contributed by atoms with Gasteiger partial charge in [-0.1, -0.05) is 24.3 Å². The molecule has 8 nitrogen and oxygen atoms in total. The molecule has 1 amide bonds. The summed E-state index contributed by atoms with van der Waals surface area (Å²) in [5.41, 5.74) is -1.92. The van der Waals surface area contributed by atoms with Crippen molar-refractivity contribution >= 4 is 40.9 Å². The van der Waals surface area contributed by atoms with E-state index < -0.39 is 47.0 Å². The van der Waals surface area contributed by atoms with Crippen molar-refractivity contribution in [2.75, 3.05) is 18.0 Å². The summed E-state index contributed by atoms with van der Waals surface area (Å²) in [6.45, 7) is 4.42. The molecule has 0 bridgehead atoms. The van der Waals surface area contributed by atoms with Gasteiger partial charge in [-0.25, -0.2) is 4.79 Å². The number of rotatable bonds is 5. The minimum atomic E-state index is -4.59. The first-order valence-corrected chi connectivity index (χ1v) is 12.2. The Balaban J connectivity index is 0.00000353.